The number of benzene rings is 1. The largest absolute Gasteiger partial charge is 0.364 e. The van der Waals surface area contributed by atoms with Crippen molar-refractivity contribution in [1.29, 1.82) is 0 Å². The monoisotopic (exact) mass is 187 g/mol. The summed E-state index contributed by atoms with van der Waals surface area (Å²) in [6, 6.07) is 5.95. The zero-order valence-electron chi connectivity index (χ0n) is 8.23. The molecule has 0 fully saturated rings. The quantitative estimate of drug-likeness (QED) is 0.522. The van der Waals surface area contributed by atoms with E-state index in [0.717, 1.165) is 30.5 Å². The van der Waals surface area contributed by atoms with E-state index in [1.54, 1.807) is 0 Å². The Morgan fingerprint density at radius 2 is 2.00 bits per heavy atom. The zero-order chi connectivity index (χ0) is 9.97. The van der Waals surface area contributed by atoms with Crippen LogP contribution < -0.4 is 4.90 Å². The van der Waals surface area contributed by atoms with E-state index in [0.29, 0.717) is 0 Å². The summed E-state index contributed by atoms with van der Waals surface area (Å²) >= 11 is 0. The van der Waals surface area contributed by atoms with Crippen LogP contribution in [0.5, 0.6) is 0 Å². The second kappa shape index (κ2) is 3.66. The zero-order valence-corrected chi connectivity index (χ0v) is 8.23. The third-order valence-electron chi connectivity index (χ3n) is 2.56. The predicted octanol–water partition coefficient (Wildman–Crippen LogP) is 2.18. The highest BCUT2D eigenvalue weighted by molar-refractivity contribution is 5.78. The van der Waals surface area contributed by atoms with Crippen LogP contribution in [-0.4, -0.2) is 19.4 Å². The first-order chi connectivity index (χ1) is 6.81. The molecule has 0 radical (unpaired) electrons. The Labute approximate surface area is 83.8 Å². The Morgan fingerprint density at radius 1 is 1.29 bits per heavy atom. The summed E-state index contributed by atoms with van der Waals surface area (Å²) in [7, 11) is 0. The molecule has 0 atom stereocenters. The van der Waals surface area contributed by atoms with Gasteiger partial charge in [-0.2, -0.15) is 0 Å². The molecule has 2 rings (SSSR count). The van der Waals surface area contributed by atoms with Gasteiger partial charge in [-0.25, -0.2) is 0 Å². The van der Waals surface area contributed by atoms with Gasteiger partial charge in [0.25, 0.3) is 0 Å². The molecule has 0 bridgehead atoms. The van der Waals surface area contributed by atoms with Gasteiger partial charge in [-0.1, -0.05) is 12.2 Å². The van der Waals surface area contributed by atoms with E-state index in [9.17, 15) is 4.79 Å². The molecule has 14 heavy (non-hydrogen) atoms. The molecule has 1 aliphatic heterocycles. The summed E-state index contributed by atoms with van der Waals surface area (Å²) in [5.41, 5.74) is 3.02. The van der Waals surface area contributed by atoms with Gasteiger partial charge in [0.1, 0.15) is 6.29 Å². The summed E-state index contributed by atoms with van der Waals surface area (Å²) < 4.78 is 0. The summed E-state index contributed by atoms with van der Waals surface area (Å²) in [6.45, 7) is 3.91. The Balaban J connectivity index is 2.27. The van der Waals surface area contributed by atoms with Crippen LogP contribution in [-0.2, 0) is 0 Å². The second-order valence-electron chi connectivity index (χ2n) is 3.54. The Bertz CT molecular complexity index is 374. The Kier molecular flexibility index (Phi) is 2.35. The fraction of sp³-hybridized carbons (Fsp3) is 0.250. The highest BCUT2D eigenvalue weighted by atomic mass is 16.1. The highest BCUT2D eigenvalue weighted by Gasteiger charge is 2.08. The third kappa shape index (κ3) is 1.55. The molecule has 0 unspecified atom stereocenters. The van der Waals surface area contributed by atoms with Crippen LogP contribution in [0.15, 0.2) is 30.4 Å². The van der Waals surface area contributed by atoms with E-state index in [4.69, 9.17) is 0 Å². The van der Waals surface area contributed by atoms with Crippen molar-refractivity contribution in [2.75, 3.05) is 18.0 Å². The summed E-state index contributed by atoms with van der Waals surface area (Å²) in [4.78, 5) is 12.9. The molecular formula is C12H13NO. The molecule has 0 aromatic heterocycles. The van der Waals surface area contributed by atoms with E-state index < -0.39 is 0 Å². The number of nitrogens with zero attached hydrogens (tertiary/aromatic N) is 1. The summed E-state index contributed by atoms with van der Waals surface area (Å²) in [5, 5.41) is 0. The van der Waals surface area contributed by atoms with Gasteiger partial charge in [0.05, 0.1) is 0 Å². The maximum Gasteiger partial charge on any atom is 0.150 e. The van der Waals surface area contributed by atoms with Crippen LogP contribution in [0.2, 0.25) is 0 Å². The van der Waals surface area contributed by atoms with Gasteiger partial charge in [0, 0.05) is 24.3 Å². The first-order valence-electron chi connectivity index (χ1n) is 4.77. The van der Waals surface area contributed by atoms with Gasteiger partial charge in [0.15, 0.2) is 0 Å². The van der Waals surface area contributed by atoms with Gasteiger partial charge in [-0.05, 0) is 30.7 Å². The van der Waals surface area contributed by atoms with Crippen LogP contribution >= 0.6 is 0 Å². The molecule has 2 heteroatoms. The third-order valence-corrected chi connectivity index (χ3v) is 2.56. The number of carbonyl (C=O) groups is 1. The molecule has 1 aromatic carbocycles. The maximum atomic E-state index is 10.6. The van der Waals surface area contributed by atoms with Crippen LogP contribution in [0.4, 0.5) is 5.69 Å². The molecule has 0 amide bonds. The van der Waals surface area contributed by atoms with Crippen LogP contribution in [0.25, 0.3) is 0 Å². The van der Waals surface area contributed by atoms with Crippen molar-refractivity contribution in [3.8, 4) is 0 Å². The molecule has 0 saturated heterocycles. The Hall–Kier alpha value is -1.57. The topological polar surface area (TPSA) is 20.3 Å². The number of anilines is 1. The minimum absolute atomic E-state index is 0.779. The average molecular weight is 187 g/mol. The predicted molar refractivity (Wildman–Crippen MR) is 57.9 cm³/mol. The lowest BCUT2D eigenvalue weighted by atomic mass is 10.1. The van der Waals surface area contributed by atoms with E-state index in [1.165, 1.54) is 5.69 Å². The standard InChI is InChI=1S/C12H13NO/c1-10-8-12(5-4-11(10)9-14)13-6-2-3-7-13/h2-5,8-9H,6-7H2,1H3. The molecule has 0 aliphatic carbocycles. The van der Waals surface area contributed by atoms with Crippen molar-refractivity contribution in [2.24, 2.45) is 0 Å². The molecule has 1 heterocycles. The second-order valence-corrected chi connectivity index (χ2v) is 3.54. The van der Waals surface area contributed by atoms with Gasteiger partial charge < -0.3 is 4.90 Å². The fourth-order valence-corrected chi connectivity index (χ4v) is 1.68. The van der Waals surface area contributed by atoms with Crippen LogP contribution in [0, 0.1) is 6.92 Å². The van der Waals surface area contributed by atoms with Crippen molar-refractivity contribution < 1.29 is 4.79 Å². The smallest absolute Gasteiger partial charge is 0.150 e. The minimum Gasteiger partial charge on any atom is -0.364 e. The molecule has 0 N–H and O–H groups in total. The van der Waals surface area contributed by atoms with Crippen LogP contribution in [0.1, 0.15) is 15.9 Å². The molecular weight excluding hydrogens is 174 g/mol. The fourth-order valence-electron chi connectivity index (χ4n) is 1.68. The number of hydrogen-bond donors (Lipinski definition) is 0. The van der Waals surface area contributed by atoms with Gasteiger partial charge >= 0.3 is 0 Å². The first-order valence-corrected chi connectivity index (χ1v) is 4.77. The van der Waals surface area contributed by atoms with Crippen molar-refractivity contribution in [1.82, 2.24) is 0 Å². The molecule has 1 aromatic rings. The van der Waals surface area contributed by atoms with E-state index in [2.05, 4.69) is 23.1 Å². The number of carbonyl (C=O) groups excluding carboxylic acids is 1. The number of aldehydes is 1. The highest BCUT2D eigenvalue weighted by Crippen LogP contribution is 2.19. The van der Waals surface area contributed by atoms with E-state index in [-0.39, 0.29) is 0 Å². The van der Waals surface area contributed by atoms with Gasteiger partial charge in [-0.3, -0.25) is 4.79 Å². The first kappa shape index (κ1) is 9.00. The number of aryl methyl sites for hydroxylation is 1. The van der Waals surface area contributed by atoms with Gasteiger partial charge in [-0.15, -0.1) is 0 Å². The lowest BCUT2D eigenvalue weighted by molar-refractivity contribution is 0.112. The lowest BCUT2D eigenvalue weighted by Crippen LogP contribution is -2.18. The van der Waals surface area contributed by atoms with Crippen molar-refractivity contribution in [2.45, 2.75) is 6.92 Å². The van der Waals surface area contributed by atoms with E-state index in [1.807, 2.05) is 19.1 Å². The number of rotatable bonds is 2. The maximum absolute atomic E-state index is 10.6. The van der Waals surface area contributed by atoms with Crippen molar-refractivity contribution >= 4 is 12.0 Å². The molecule has 1 aliphatic rings. The number of hydrogen-bond acceptors (Lipinski definition) is 2. The molecule has 0 spiro atoms. The van der Waals surface area contributed by atoms with Crippen molar-refractivity contribution in [3.63, 3.8) is 0 Å². The van der Waals surface area contributed by atoms with E-state index >= 15 is 0 Å². The Morgan fingerprint density at radius 3 is 2.57 bits per heavy atom. The molecule has 72 valence electrons. The van der Waals surface area contributed by atoms with Gasteiger partial charge in [0.2, 0.25) is 0 Å². The minimum atomic E-state index is 0.779. The average Bonchev–Trinajstić information content (AvgIpc) is 2.70. The molecule has 0 saturated carbocycles. The lowest BCUT2D eigenvalue weighted by Gasteiger charge is -2.18. The summed E-state index contributed by atoms with van der Waals surface area (Å²) in [6.07, 6.45) is 5.22. The van der Waals surface area contributed by atoms with Crippen LogP contribution in [0.3, 0.4) is 0 Å². The normalized spacial score (nSPS) is 14.8. The van der Waals surface area contributed by atoms with Crippen molar-refractivity contribution in [3.05, 3.63) is 41.5 Å². The molecule has 2 nitrogen and oxygen atoms in total. The SMILES string of the molecule is Cc1cc(N2CC=CC2)ccc1C=O. The summed E-state index contributed by atoms with van der Waals surface area (Å²) in [5.74, 6) is 0.